The van der Waals surface area contributed by atoms with Crippen molar-refractivity contribution >= 4 is 5.91 Å². The smallest absolute Gasteiger partial charge is 0.237 e. The molecule has 1 saturated heterocycles. The molecule has 1 amide bonds. The minimum Gasteiger partial charge on any atom is -0.494 e. The van der Waals surface area contributed by atoms with Crippen molar-refractivity contribution in [2.75, 3.05) is 19.8 Å². The van der Waals surface area contributed by atoms with E-state index in [0.29, 0.717) is 19.8 Å². The second kappa shape index (κ2) is 8.76. The molecule has 0 aliphatic carbocycles. The van der Waals surface area contributed by atoms with Crippen molar-refractivity contribution in [1.82, 2.24) is 5.32 Å². The van der Waals surface area contributed by atoms with Gasteiger partial charge in [-0.3, -0.25) is 4.79 Å². The number of benzene rings is 1. The summed E-state index contributed by atoms with van der Waals surface area (Å²) < 4.78 is 10.8. The molecule has 1 heterocycles. The van der Waals surface area contributed by atoms with Gasteiger partial charge in [0.2, 0.25) is 5.91 Å². The van der Waals surface area contributed by atoms with Crippen molar-refractivity contribution in [2.24, 2.45) is 11.7 Å². The molecule has 1 unspecified atom stereocenters. The molecule has 1 fully saturated rings. The van der Waals surface area contributed by atoms with Gasteiger partial charge in [0, 0.05) is 19.8 Å². The fourth-order valence-corrected chi connectivity index (χ4v) is 2.52. The summed E-state index contributed by atoms with van der Waals surface area (Å²) in [5, 5.41) is 2.91. The monoisotopic (exact) mass is 306 g/mol. The SMILES string of the molecule is CCCOc1ccc(CNC(=O)C(N)C2CCOCC2)cc1. The first-order valence-corrected chi connectivity index (χ1v) is 8.03. The third-order valence-corrected chi connectivity index (χ3v) is 3.94. The van der Waals surface area contributed by atoms with Crippen molar-refractivity contribution in [1.29, 1.82) is 0 Å². The average molecular weight is 306 g/mol. The van der Waals surface area contributed by atoms with E-state index in [9.17, 15) is 4.79 Å². The number of nitrogens with two attached hydrogens (primary N) is 1. The lowest BCUT2D eigenvalue weighted by molar-refractivity contribution is -0.124. The van der Waals surface area contributed by atoms with Crippen molar-refractivity contribution in [3.05, 3.63) is 29.8 Å². The molecule has 0 saturated carbocycles. The summed E-state index contributed by atoms with van der Waals surface area (Å²) in [4.78, 5) is 12.1. The maximum Gasteiger partial charge on any atom is 0.237 e. The number of rotatable bonds is 7. The average Bonchev–Trinajstić information content (AvgIpc) is 2.58. The molecule has 1 aliphatic rings. The van der Waals surface area contributed by atoms with Crippen LogP contribution in [0.15, 0.2) is 24.3 Å². The van der Waals surface area contributed by atoms with E-state index in [0.717, 1.165) is 37.2 Å². The predicted molar refractivity (Wildman–Crippen MR) is 85.6 cm³/mol. The van der Waals surface area contributed by atoms with E-state index in [1.807, 2.05) is 24.3 Å². The van der Waals surface area contributed by atoms with Gasteiger partial charge >= 0.3 is 0 Å². The Balaban J connectivity index is 1.77. The Bertz CT molecular complexity index is 455. The van der Waals surface area contributed by atoms with Crippen LogP contribution in [0, 0.1) is 5.92 Å². The van der Waals surface area contributed by atoms with Gasteiger partial charge in [0.25, 0.3) is 0 Å². The zero-order chi connectivity index (χ0) is 15.8. The second-order valence-corrected chi connectivity index (χ2v) is 5.69. The Kier molecular flexibility index (Phi) is 6.68. The molecule has 0 radical (unpaired) electrons. The van der Waals surface area contributed by atoms with Gasteiger partial charge in [0.1, 0.15) is 5.75 Å². The minimum absolute atomic E-state index is 0.0850. The summed E-state index contributed by atoms with van der Waals surface area (Å²) in [6.45, 7) is 4.68. The van der Waals surface area contributed by atoms with Gasteiger partial charge in [-0.15, -0.1) is 0 Å². The Hall–Kier alpha value is -1.59. The van der Waals surface area contributed by atoms with Crippen molar-refractivity contribution in [2.45, 2.75) is 38.8 Å². The van der Waals surface area contributed by atoms with Crippen LogP contribution in [-0.2, 0) is 16.1 Å². The highest BCUT2D eigenvalue weighted by Gasteiger charge is 2.26. The summed E-state index contributed by atoms with van der Waals surface area (Å²) >= 11 is 0. The number of nitrogens with one attached hydrogen (secondary N) is 1. The van der Waals surface area contributed by atoms with Gasteiger partial charge < -0.3 is 20.5 Å². The maximum atomic E-state index is 12.1. The van der Waals surface area contributed by atoms with E-state index in [1.54, 1.807) is 0 Å². The molecule has 2 rings (SSSR count). The van der Waals surface area contributed by atoms with E-state index in [2.05, 4.69) is 12.2 Å². The molecule has 0 aromatic heterocycles. The fourth-order valence-electron chi connectivity index (χ4n) is 2.52. The van der Waals surface area contributed by atoms with Crippen LogP contribution in [0.5, 0.6) is 5.75 Å². The largest absolute Gasteiger partial charge is 0.494 e. The zero-order valence-electron chi connectivity index (χ0n) is 13.2. The van der Waals surface area contributed by atoms with Crippen molar-refractivity contribution in [3.63, 3.8) is 0 Å². The standard InChI is InChI=1S/C17H26N2O3/c1-2-9-22-15-5-3-13(4-6-15)12-19-17(20)16(18)14-7-10-21-11-8-14/h3-6,14,16H,2,7-12,18H2,1H3,(H,19,20). The van der Waals surface area contributed by atoms with Gasteiger partial charge in [-0.1, -0.05) is 19.1 Å². The molecule has 22 heavy (non-hydrogen) atoms. The van der Waals surface area contributed by atoms with Gasteiger partial charge in [-0.2, -0.15) is 0 Å². The lowest BCUT2D eigenvalue weighted by atomic mass is 9.92. The van der Waals surface area contributed by atoms with Gasteiger partial charge in [-0.05, 0) is 42.9 Å². The molecule has 3 N–H and O–H groups in total. The summed E-state index contributed by atoms with van der Waals surface area (Å²) in [5.41, 5.74) is 7.09. The zero-order valence-corrected chi connectivity index (χ0v) is 13.2. The second-order valence-electron chi connectivity index (χ2n) is 5.69. The quantitative estimate of drug-likeness (QED) is 0.806. The van der Waals surface area contributed by atoms with E-state index < -0.39 is 6.04 Å². The van der Waals surface area contributed by atoms with E-state index in [4.69, 9.17) is 15.2 Å². The lowest BCUT2D eigenvalue weighted by Crippen LogP contribution is -2.46. The van der Waals surface area contributed by atoms with Crippen LogP contribution in [0.2, 0.25) is 0 Å². The van der Waals surface area contributed by atoms with Gasteiger partial charge in [0.05, 0.1) is 12.6 Å². The molecule has 122 valence electrons. The molecule has 5 nitrogen and oxygen atoms in total. The third kappa shape index (κ3) is 5.00. The molecular weight excluding hydrogens is 280 g/mol. The normalized spacial score (nSPS) is 17.0. The summed E-state index contributed by atoms with van der Waals surface area (Å²) in [6.07, 6.45) is 2.71. The van der Waals surface area contributed by atoms with Gasteiger partial charge in [0.15, 0.2) is 0 Å². The molecule has 1 aliphatic heterocycles. The van der Waals surface area contributed by atoms with Crippen LogP contribution < -0.4 is 15.8 Å². The molecular formula is C17H26N2O3. The number of carbonyl (C=O) groups excluding carboxylic acids is 1. The summed E-state index contributed by atoms with van der Waals surface area (Å²) in [6, 6.07) is 7.33. The molecule has 0 bridgehead atoms. The Labute approximate surface area is 132 Å². The first-order chi connectivity index (χ1) is 10.7. The van der Waals surface area contributed by atoms with E-state index in [1.165, 1.54) is 0 Å². The fraction of sp³-hybridized carbons (Fsp3) is 0.588. The highest BCUT2D eigenvalue weighted by Crippen LogP contribution is 2.18. The molecule has 1 atom stereocenters. The number of hydrogen-bond acceptors (Lipinski definition) is 4. The van der Waals surface area contributed by atoms with Crippen molar-refractivity contribution < 1.29 is 14.3 Å². The lowest BCUT2D eigenvalue weighted by Gasteiger charge is -2.26. The molecule has 1 aromatic carbocycles. The van der Waals surface area contributed by atoms with Crippen LogP contribution in [0.4, 0.5) is 0 Å². The van der Waals surface area contributed by atoms with Crippen LogP contribution in [0.1, 0.15) is 31.7 Å². The number of ether oxygens (including phenoxy) is 2. The molecule has 0 spiro atoms. The minimum atomic E-state index is -0.448. The number of hydrogen-bond donors (Lipinski definition) is 2. The Morgan fingerprint density at radius 1 is 1.36 bits per heavy atom. The third-order valence-electron chi connectivity index (χ3n) is 3.94. The van der Waals surface area contributed by atoms with Crippen LogP contribution >= 0.6 is 0 Å². The van der Waals surface area contributed by atoms with Crippen LogP contribution in [0.3, 0.4) is 0 Å². The first-order valence-electron chi connectivity index (χ1n) is 8.03. The van der Waals surface area contributed by atoms with E-state index >= 15 is 0 Å². The highest BCUT2D eigenvalue weighted by molar-refractivity contribution is 5.81. The topological polar surface area (TPSA) is 73.6 Å². The number of amides is 1. The van der Waals surface area contributed by atoms with E-state index in [-0.39, 0.29) is 11.8 Å². The van der Waals surface area contributed by atoms with Gasteiger partial charge in [-0.25, -0.2) is 0 Å². The summed E-state index contributed by atoms with van der Waals surface area (Å²) in [5.74, 6) is 0.993. The molecule has 5 heteroatoms. The summed E-state index contributed by atoms with van der Waals surface area (Å²) in [7, 11) is 0. The Morgan fingerprint density at radius 3 is 2.68 bits per heavy atom. The van der Waals surface area contributed by atoms with Crippen LogP contribution in [-0.4, -0.2) is 31.8 Å². The molecule has 1 aromatic rings. The predicted octanol–water partition coefficient (Wildman–Crippen LogP) is 1.85. The Morgan fingerprint density at radius 2 is 2.05 bits per heavy atom. The number of carbonyl (C=O) groups is 1. The highest BCUT2D eigenvalue weighted by atomic mass is 16.5. The maximum absolute atomic E-state index is 12.1. The van der Waals surface area contributed by atoms with Crippen molar-refractivity contribution in [3.8, 4) is 5.75 Å². The van der Waals surface area contributed by atoms with Crippen LogP contribution in [0.25, 0.3) is 0 Å². The first kappa shape index (κ1) is 16.8.